The van der Waals surface area contributed by atoms with E-state index in [0.29, 0.717) is 41.5 Å². The minimum absolute atomic E-state index is 0.160. The second-order valence-electron chi connectivity index (χ2n) is 5.21. The molecule has 0 saturated heterocycles. The van der Waals surface area contributed by atoms with Crippen LogP contribution in [0, 0.1) is 19.7 Å². The Kier molecular flexibility index (Phi) is 3.16. The molecule has 0 saturated carbocycles. The molecule has 0 fully saturated rings. The summed E-state index contributed by atoms with van der Waals surface area (Å²) in [6, 6.07) is 4.45. The lowest BCUT2D eigenvalue weighted by atomic mass is 10.1. The monoisotopic (exact) mass is 289 g/mol. The minimum atomic E-state index is -0.313. The Bertz CT molecular complexity index is 691. The molecule has 110 valence electrons. The summed E-state index contributed by atoms with van der Waals surface area (Å²) in [6.07, 6.45) is 0. The number of carbonyl (C=O) groups excluding carboxylic acids is 1. The molecular formula is C15H16FN3O2. The Labute approximate surface area is 121 Å². The van der Waals surface area contributed by atoms with Crippen LogP contribution >= 0.6 is 0 Å². The molecule has 1 aliphatic rings. The van der Waals surface area contributed by atoms with Gasteiger partial charge in [-0.25, -0.2) is 4.39 Å². The molecule has 0 unspecified atom stereocenters. The van der Waals surface area contributed by atoms with Crippen LogP contribution in [0.3, 0.4) is 0 Å². The fourth-order valence-electron chi connectivity index (χ4n) is 2.66. The predicted octanol–water partition coefficient (Wildman–Crippen LogP) is 2.53. The van der Waals surface area contributed by atoms with Crippen LogP contribution in [0.15, 0.2) is 22.7 Å². The average Bonchev–Trinajstić information content (AvgIpc) is 2.78. The van der Waals surface area contributed by atoms with Gasteiger partial charge < -0.3 is 14.3 Å². The van der Waals surface area contributed by atoms with Crippen LogP contribution in [0.5, 0.6) is 0 Å². The van der Waals surface area contributed by atoms with Gasteiger partial charge in [-0.3, -0.25) is 4.79 Å². The molecule has 6 heteroatoms. The first-order valence-corrected chi connectivity index (χ1v) is 6.74. The highest BCUT2D eigenvalue weighted by molar-refractivity contribution is 6.09. The second kappa shape index (κ2) is 4.87. The fraction of sp³-hybridized carbons (Fsp3) is 0.333. The standard InChI is InChI=1S/C15H16FN3O2/c1-9-14(10(2)21-17-9)15(20)19-7-6-18(3)13-8-11(16)4-5-12(13)19/h4-5,8H,6-7H2,1-3H3. The predicted molar refractivity (Wildman–Crippen MR) is 77.3 cm³/mol. The maximum absolute atomic E-state index is 13.4. The zero-order valence-corrected chi connectivity index (χ0v) is 12.2. The smallest absolute Gasteiger partial charge is 0.263 e. The fourth-order valence-corrected chi connectivity index (χ4v) is 2.66. The van der Waals surface area contributed by atoms with Gasteiger partial charge in [-0.1, -0.05) is 5.16 Å². The number of aryl methyl sites for hydroxylation is 2. The molecule has 3 rings (SSSR count). The largest absolute Gasteiger partial charge is 0.371 e. The van der Waals surface area contributed by atoms with E-state index >= 15 is 0 Å². The van der Waals surface area contributed by atoms with Gasteiger partial charge >= 0.3 is 0 Å². The number of halogens is 1. The van der Waals surface area contributed by atoms with E-state index in [-0.39, 0.29) is 11.7 Å². The Morgan fingerprint density at radius 3 is 2.71 bits per heavy atom. The van der Waals surface area contributed by atoms with Gasteiger partial charge in [0.05, 0.1) is 17.1 Å². The molecule has 2 heterocycles. The molecule has 5 nitrogen and oxygen atoms in total. The zero-order valence-electron chi connectivity index (χ0n) is 12.2. The number of hydrogen-bond acceptors (Lipinski definition) is 4. The quantitative estimate of drug-likeness (QED) is 0.809. The van der Waals surface area contributed by atoms with Gasteiger partial charge in [0.25, 0.3) is 5.91 Å². The maximum Gasteiger partial charge on any atom is 0.263 e. The number of carbonyl (C=O) groups is 1. The van der Waals surface area contributed by atoms with Crippen molar-refractivity contribution < 1.29 is 13.7 Å². The minimum Gasteiger partial charge on any atom is -0.371 e. The Morgan fingerprint density at radius 1 is 1.29 bits per heavy atom. The number of fused-ring (bicyclic) bond motifs is 1. The summed E-state index contributed by atoms with van der Waals surface area (Å²) in [5.74, 6) is 0.0273. The number of anilines is 2. The molecule has 0 radical (unpaired) electrons. The highest BCUT2D eigenvalue weighted by Gasteiger charge is 2.29. The van der Waals surface area contributed by atoms with E-state index in [1.165, 1.54) is 12.1 Å². The molecule has 1 aromatic heterocycles. The van der Waals surface area contributed by atoms with Crippen LogP contribution in [-0.4, -0.2) is 31.2 Å². The maximum atomic E-state index is 13.4. The van der Waals surface area contributed by atoms with Crippen molar-refractivity contribution in [3.63, 3.8) is 0 Å². The molecule has 0 bridgehead atoms. The highest BCUT2D eigenvalue weighted by atomic mass is 19.1. The van der Waals surface area contributed by atoms with E-state index in [1.807, 2.05) is 11.9 Å². The third kappa shape index (κ3) is 2.16. The van der Waals surface area contributed by atoms with Crippen molar-refractivity contribution in [3.8, 4) is 0 Å². The van der Waals surface area contributed by atoms with Crippen molar-refractivity contribution in [2.24, 2.45) is 0 Å². The van der Waals surface area contributed by atoms with Crippen LogP contribution in [0.4, 0.5) is 15.8 Å². The second-order valence-corrected chi connectivity index (χ2v) is 5.21. The van der Waals surface area contributed by atoms with Crippen molar-refractivity contribution in [1.29, 1.82) is 0 Å². The Balaban J connectivity index is 2.05. The summed E-state index contributed by atoms with van der Waals surface area (Å²) in [7, 11) is 1.88. The lowest BCUT2D eigenvalue weighted by Gasteiger charge is -2.35. The first-order chi connectivity index (χ1) is 9.99. The molecule has 0 atom stereocenters. The number of amides is 1. The number of aromatic nitrogens is 1. The van der Waals surface area contributed by atoms with E-state index in [4.69, 9.17) is 4.52 Å². The summed E-state index contributed by atoms with van der Waals surface area (Å²) in [4.78, 5) is 16.4. The van der Waals surface area contributed by atoms with Gasteiger partial charge in [0.2, 0.25) is 0 Å². The third-order valence-electron chi connectivity index (χ3n) is 3.79. The molecule has 0 spiro atoms. The first-order valence-electron chi connectivity index (χ1n) is 6.74. The van der Waals surface area contributed by atoms with E-state index in [0.717, 1.165) is 0 Å². The average molecular weight is 289 g/mol. The summed E-state index contributed by atoms with van der Waals surface area (Å²) in [5, 5.41) is 3.82. The number of nitrogens with zero attached hydrogens (tertiary/aromatic N) is 3. The summed E-state index contributed by atoms with van der Waals surface area (Å²) in [6.45, 7) is 4.64. The number of hydrogen-bond donors (Lipinski definition) is 0. The van der Waals surface area contributed by atoms with Gasteiger partial charge in [-0.15, -0.1) is 0 Å². The molecular weight excluding hydrogens is 273 g/mol. The SMILES string of the molecule is Cc1noc(C)c1C(=O)N1CCN(C)c2cc(F)ccc21. The van der Waals surface area contributed by atoms with E-state index in [1.54, 1.807) is 24.8 Å². The lowest BCUT2D eigenvalue weighted by molar-refractivity contribution is 0.0984. The summed E-state index contributed by atoms with van der Waals surface area (Å²) in [5.41, 5.74) is 2.46. The number of rotatable bonds is 1. The van der Waals surface area contributed by atoms with Crippen LogP contribution in [0.25, 0.3) is 0 Å². The number of benzene rings is 1. The van der Waals surface area contributed by atoms with Crippen molar-refractivity contribution in [2.75, 3.05) is 29.9 Å². The molecule has 0 N–H and O–H groups in total. The van der Waals surface area contributed by atoms with Crippen LogP contribution in [-0.2, 0) is 0 Å². The lowest BCUT2D eigenvalue weighted by Crippen LogP contribution is -2.43. The van der Waals surface area contributed by atoms with Crippen LogP contribution < -0.4 is 9.80 Å². The van der Waals surface area contributed by atoms with Gasteiger partial charge in [0, 0.05) is 20.1 Å². The van der Waals surface area contributed by atoms with E-state index < -0.39 is 0 Å². The summed E-state index contributed by atoms with van der Waals surface area (Å²) < 4.78 is 18.5. The van der Waals surface area contributed by atoms with Crippen LogP contribution in [0.1, 0.15) is 21.8 Å². The van der Waals surface area contributed by atoms with Crippen molar-refractivity contribution in [3.05, 3.63) is 41.0 Å². The topological polar surface area (TPSA) is 49.6 Å². The van der Waals surface area contributed by atoms with E-state index in [2.05, 4.69) is 5.16 Å². The van der Waals surface area contributed by atoms with Gasteiger partial charge in [-0.05, 0) is 32.0 Å². The van der Waals surface area contributed by atoms with Gasteiger partial charge in [0.1, 0.15) is 17.1 Å². The van der Waals surface area contributed by atoms with Crippen molar-refractivity contribution >= 4 is 17.3 Å². The van der Waals surface area contributed by atoms with Gasteiger partial charge in [0.15, 0.2) is 0 Å². The molecule has 1 amide bonds. The van der Waals surface area contributed by atoms with Crippen LogP contribution in [0.2, 0.25) is 0 Å². The molecule has 21 heavy (non-hydrogen) atoms. The molecule has 2 aromatic rings. The third-order valence-corrected chi connectivity index (χ3v) is 3.79. The Hall–Kier alpha value is -2.37. The number of likely N-dealkylation sites (N-methyl/N-ethyl adjacent to an activating group) is 1. The van der Waals surface area contributed by atoms with Crippen molar-refractivity contribution in [2.45, 2.75) is 13.8 Å². The first kappa shape index (κ1) is 13.6. The zero-order chi connectivity index (χ0) is 15.1. The molecule has 1 aliphatic heterocycles. The van der Waals surface area contributed by atoms with Crippen molar-refractivity contribution in [1.82, 2.24) is 5.16 Å². The molecule has 0 aliphatic carbocycles. The summed E-state index contributed by atoms with van der Waals surface area (Å²) >= 11 is 0. The molecule has 1 aromatic carbocycles. The normalized spacial score (nSPS) is 14.3. The van der Waals surface area contributed by atoms with E-state index in [9.17, 15) is 9.18 Å². The Morgan fingerprint density at radius 2 is 2.05 bits per heavy atom. The highest BCUT2D eigenvalue weighted by Crippen LogP contribution is 2.34. The van der Waals surface area contributed by atoms with Gasteiger partial charge in [-0.2, -0.15) is 0 Å².